The number of aliphatic hydroxyl groups excluding tert-OH is 1. The van der Waals surface area contributed by atoms with Crippen molar-refractivity contribution in [2.45, 2.75) is 39.7 Å². The van der Waals surface area contributed by atoms with Crippen molar-refractivity contribution in [1.29, 1.82) is 0 Å². The summed E-state index contributed by atoms with van der Waals surface area (Å²) in [6, 6.07) is 13.7. The maximum atomic E-state index is 12.2. The fourth-order valence-corrected chi connectivity index (χ4v) is 2.43. The van der Waals surface area contributed by atoms with Crippen LogP contribution in [-0.4, -0.2) is 30.3 Å². The minimum Gasteiger partial charge on any atom is -0.491 e. The Morgan fingerprint density at radius 2 is 1.76 bits per heavy atom. The van der Waals surface area contributed by atoms with Crippen LogP contribution < -0.4 is 10.1 Å². The van der Waals surface area contributed by atoms with Crippen molar-refractivity contribution in [3.05, 3.63) is 64.7 Å². The zero-order chi connectivity index (χ0) is 18.4. The van der Waals surface area contributed by atoms with Gasteiger partial charge >= 0.3 is 0 Å². The van der Waals surface area contributed by atoms with Crippen LogP contribution in [0.2, 0.25) is 0 Å². The van der Waals surface area contributed by atoms with E-state index in [1.54, 1.807) is 0 Å². The third-order valence-corrected chi connectivity index (χ3v) is 4.40. The zero-order valence-electron chi connectivity index (χ0n) is 15.4. The first-order valence-electron chi connectivity index (χ1n) is 8.59. The van der Waals surface area contributed by atoms with E-state index in [0.717, 1.165) is 22.4 Å². The molecule has 2 N–H and O–H groups in total. The summed E-state index contributed by atoms with van der Waals surface area (Å²) in [7, 11) is 0. The van der Waals surface area contributed by atoms with Crippen LogP contribution >= 0.6 is 0 Å². The summed E-state index contributed by atoms with van der Waals surface area (Å²) in [5, 5.41) is 12.8. The molecule has 0 aliphatic heterocycles. The molecule has 25 heavy (non-hydrogen) atoms. The second kappa shape index (κ2) is 8.67. The number of amides is 1. The van der Waals surface area contributed by atoms with E-state index < -0.39 is 6.10 Å². The van der Waals surface area contributed by atoms with E-state index in [2.05, 4.69) is 5.32 Å². The second-order valence-corrected chi connectivity index (χ2v) is 6.59. The standard InChI is InChI=1S/C21H27NO3/c1-14-5-8-18(9-6-14)17(4)21(24)22-12-19(23)13-25-20-10-7-15(2)16(3)11-20/h5-11,17,19,23H,12-13H2,1-4H3,(H,22,24). The average Bonchev–Trinajstić information content (AvgIpc) is 2.60. The Morgan fingerprint density at radius 1 is 1.08 bits per heavy atom. The Bertz CT molecular complexity index is 710. The summed E-state index contributed by atoms with van der Waals surface area (Å²) in [6.45, 7) is 8.24. The number of ether oxygens (including phenoxy) is 1. The summed E-state index contributed by atoms with van der Waals surface area (Å²) in [5.74, 6) is 0.365. The summed E-state index contributed by atoms with van der Waals surface area (Å²) in [6.07, 6.45) is -0.754. The Balaban J connectivity index is 1.78. The largest absolute Gasteiger partial charge is 0.491 e. The van der Waals surface area contributed by atoms with E-state index in [9.17, 15) is 9.90 Å². The van der Waals surface area contributed by atoms with Crippen LogP contribution in [-0.2, 0) is 4.79 Å². The van der Waals surface area contributed by atoms with Crippen LogP contribution in [0, 0.1) is 20.8 Å². The maximum Gasteiger partial charge on any atom is 0.227 e. The number of carbonyl (C=O) groups is 1. The van der Waals surface area contributed by atoms with Crippen molar-refractivity contribution < 1.29 is 14.6 Å². The lowest BCUT2D eigenvalue weighted by Crippen LogP contribution is -2.37. The Labute approximate surface area is 149 Å². The molecule has 0 fully saturated rings. The molecule has 134 valence electrons. The molecule has 0 aromatic heterocycles. The van der Waals surface area contributed by atoms with Gasteiger partial charge in [0.2, 0.25) is 5.91 Å². The van der Waals surface area contributed by atoms with Crippen molar-refractivity contribution in [3.63, 3.8) is 0 Å². The molecule has 4 nitrogen and oxygen atoms in total. The van der Waals surface area contributed by atoms with E-state index in [1.807, 2.05) is 70.2 Å². The van der Waals surface area contributed by atoms with E-state index in [-0.39, 0.29) is 25.0 Å². The van der Waals surface area contributed by atoms with Gasteiger partial charge in [0.15, 0.2) is 0 Å². The highest BCUT2D eigenvalue weighted by molar-refractivity contribution is 5.83. The van der Waals surface area contributed by atoms with E-state index >= 15 is 0 Å². The highest BCUT2D eigenvalue weighted by Gasteiger charge is 2.16. The number of rotatable bonds is 7. The molecule has 4 heteroatoms. The zero-order valence-corrected chi connectivity index (χ0v) is 15.4. The highest BCUT2D eigenvalue weighted by Crippen LogP contribution is 2.17. The summed E-state index contributed by atoms with van der Waals surface area (Å²) < 4.78 is 5.59. The molecule has 0 saturated heterocycles. The molecule has 0 radical (unpaired) electrons. The van der Waals surface area contributed by atoms with Crippen LogP contribution in [0.15, 0.2) is 42.5 Å². The molecule has 1 amide bonds. The number of carbonyl (C=O) groups excluding carboxylic acids is 1. The van der Waals surface area contributed by atoms with Gasteiger partial charge in [0.05, 0.1) is 5.92 Å². The average molecular weight is 341 g/mol. The van der Waals surface area contributed by atoms with Crippen LogP contribution in [0.1, 0.15) is 35.1 Å². The molecule has 2 unspecified atom stereocenters. The number of benzene rings is 2. The maximum absolute atomic E-state index is 12.2. The van der Waals surface area contributed by atoms with Crippen LogP contribution in [0.5, 0.6) is 5.75 Å². The minimum atomic E-state index is -0.754. The Hall–Kier alpha value is -2.33. The third-order valence-electron chi connectivity index (χ3n) is 4.40. The molecule has 2 aromatic rings. The minimum absolute atomic E-state index is 0.103. The van der Waals surface area contributed by atoms with Gasteiger partial charge in [0.25, 0.3) is 0 Å². The molecule has 0 spiro atoms. The molecular weight excluding hydrogens is 314 g/mol. The Morgan fingerprint density at radius 3 is 2.40 bits per heavy atom. The van der Waals surface area contributed by atoms with Crippen LogP contribution in [0.25, 0.3) is 0 Å². The normalized spacial score (nSPS) is 13.2. The van der Waals surface area contributed by atoms with E-state index in [4.69, 9.17) is 4.74 Å². The smallest absolute Gasteiger partial charge is 0.227 e. The van der Waals surface area contributed by atoms with Crippen molar-refractivity contribution in [1.82, 2.24) is 5.32 Å². The number of nitrogens with one attached hydrogen (secondary N) is 1. The number of hydrogen-bond donors (Lipinski definition) is 2. The predicted molar refractivity (Wildman–Crippen MR) is 100 cm³/mol. The molecule has 0 bridgehead atoms. The molecule has 2 aromatic carbocycles. The van der Waals surface area contributed by atoms with Gasteiger partial charge in [-0.3, -0.25) is 4.79 Å². The summed E-state index contributed by atoms with van der Waals surface area (Å²) in [4.78, 5) is 12.2. The van der Waals surface area contributed by atoms with Gasteiger partial charge in [0.1, 0.15) is 18.5 Å². The molecule has 0 heterocycles. The predicted octanol–water partition coefficient (Wildman–Crippen LogP) is 3.27. The van der Waals surface area contributed by atoms with Crippen molar-refractivity contribution in [2.24, 2.45) is 0 Å². The lowest BCUT2D eigenvalue weighted by Gasteiger charge is -2.16. The molecular formula is C21H27NO3. The first kappa shape index (κ1) is 19.0. The topological polar surface area (TPSA) is 58.6 Å². The third kappa shape index (κ3) is 5.61. The van der Waals surface area contributed by atoms with Gasteiger partial charge in [0, 0.05) is 6.54 Å². The number of aryl methyl sites for hydroxylation is 3. The number of hydrogen-bond acceptors (Lipinski definition) is 3. The number of aliphatic hydroxyl groups is 1. The van der Waals surface area contributed by atoms with Crippen LogP contribution in [0.4, 0.5) is 0 Å². The van der Waals surface area contributed by atoms with E-state index in [0.29, 0.717) is 0 Å². The highest BCUT2D eigenvalue weighted by atomic mass is 16.5. The van der Waals surface area contributed by atoms with Gasteiger partial charge in [-0.15, -0.1) is 0 Å². The second-order valence-electron chi connectivity index (χ2n) is 6.59. The quantitative estimate of drug-likeness (QED) is 0.812. The van der Waals surface area contributed by atoms with Gasteiger partial charge in [-0.25, -0.2) is 0 Å². The van der Waals surface area contributed by atoms with Gasteiger partial charge < -0.3 is 15.2 Å². The first-order chi connectivity index (χ1) is 11.9. The van der Waals surface area contributed by atoms with Gasteiger partial charge in [-0.05, 0) is 56.5 Å². The fraction of sp³-hybridized carbons (Fsp3) is 0.381. The van der Waals surface area contributed by atoms with Crippen LogP contribution in [0.3, 0.4) is 0 Å². The van der Waals surface area contributed by atoms with Gasteiger partial charge in [-0.2, -0.15) is 0 Å². The van der Waals surface area contributed by atoms with Crippen molar-refractivity contribution in [3.8, 4) is 5.75 Å². The molecule has 0 aliphatic carbocycles. The SMILES string of the molecule is Cc1ccc(C(C)C(=O)NCC(O)COc2ccc(C)c(C)c2)cc1. The molecule has 0 aliphatic rings. The van der Waals surface area contributed by atoms with Crippen molar-refractivity contribution >= 4 is 5.91 Å². The monoisotopic (exact) mass is 341 g/mol. The lowest BCUT2D eigenvalue weighted by atomic mass is 9.99. The van der Waals surface area contributed by atoms with Crippen molar-refractivity contribution in [2.75, 3.05) is 13.2 Å². The van der Waals surface area contributed by atoms with Gasteiger partial charge in [-0.1, -0.05) is 35.9 Å². The molecule has 0 saturated carbocycles. The lowest BCUT2D eigenvalue weighted by molar-refractivity contribution is -0.122. The Kier molecular flexibility index (Phi) is 6.59. The van der Waals surface area contributed by atoms with E-state index in [1.165, 1.54) is 5.56 Å². The summed E-state index contributed by atoms with van der Waals surface area (Å²) >= 11 is 0. The molecule has 2 atom stereocenters. The molecule has 2 rings (SSSR count). The fourth-order valence-electron chi connectivity index (χ4n) is 2.43. The summed E-state index contributed by atoms with van der Waals surface area (Å²) in [5.41, 5.74) is 4.47. The first-order valence-corrected chi connectivity index (χ1v) is 8.59.